The largest absolute Gasteiger partial charge is 0.294 e. The maximum atomic E-state index is 11.5. The highest BCUT2D eigenvalue weighted by atomic mass is 32.2. The molecule has 0 amide bonds. The lowest BCUT2D eigenvalue weighted by Gasteiger charge is -2.18. The third kappa shape index (κ3) is 2.51. The van der Waals surface area contributed by atoms with Gasteiger partial charge >= 0.3 is 0 Å². The predicted octanol–water partition coefficient (Wildman–Crippen LogP) is 2.16. The Morgan fingerprint density at radius 3 is 2.83 bits per heavy atom. The molecule has 0 aromatic carbocycles. The van der Waals surface area contributed by atoms with Crippen LogP contribution >= 0.6 is 0 Å². The molecule has 0 radical (unpaired) electrons. The maximum Gasteiger partial charge on any atom is 0.184 e. The predicted molar refractivity (Wildman–Crippen MR) is 55.7 cm³/mol. The highest BCUT2D eigenvalue weighted by Crippen LogP contribution is 2.21. The lowest BCUT2D eigenvalue weighted by Crippen LogP contribution is -2.33. The first kappa shape index (κ1) is 10.1. The van der Waals surface area contributed by atoms with Crippen LogP contribution in [0.1, 0.15) is 39.0 Å². The molecule has 70 valence electrons. The zero-order valence-corrected chi connectivity index (χ0v) is 8.95. The zero-order chi connectivity index (χ0) is 8.97. The molecule has 0 aromatic rings. The summed E-state index contributed by atoms with van der Waals surface area (Å²) in [5.74, 6) is 1.79. The van der Waals surface area contributed by atoms with Crippen molar-refractivity contribution in [3.8, 4) is 0 Å². The summed E-state index contributed by atoms with van der Waals surface area (Å²) in [7, 11) is 0.364. The van der Waals surface area contributed by atoms with Crippen LogP contribution in [0.3, 0.4) is 0 Å². The molecule has 1 fully saturated rings. The van der Waals surface area contributed by atoms with Crippen LogP contribution in [0.2, 0.25) is 0 Å². The Bertz CT molecular complexity index is 156. The monoisotopic (exact) mass is 187 g/mol. The molecule has 1 saturated carbocycles. The van der Waals surface area contributed by atoms with E-state index in [1.165, 1.54) is 25.0 Å². The Balaban J connectivity index is 2.42. The minimum atomic E-state index is 0.364. The minimum Gasteiger partial charge on any atom is -0.294 e. The number of carbonyl (C=O) groups is 1. The van der Waals surface area contributed by atoms with E-state index in [0.717, 1.165) is 12.8 Å². The Labute approximate surface area is 78.3 Å². The van der Waals surface area contributed by atoms with Crippen molar-refractivity contribution >= 4 is 16.7 Å². The number of carbonyl (C=O) groups excluding carboxylic acids is 1. The number of hydrogen-bond donors (Lipinski definition) is 0. The number of ketones is 1. The van der Waals surface area contributed by atoms with Crippen molar-refractivity contribution in [2.75, 3.05) is 12.0 Å². The number of rotatable bonds is 3. The van der Waals surface area contributed by atoms with Gasteiger partial charge in [0.05, 0.1) is 6.26 Å². The van der Waals surface area contributed by atoms with Crippen LogP contribution < -0.4 is 0 Å². The highest BCUT2D eigenvalue weighted by molar-refractivity contribution is 7.97. The summed E-state index contributed by atoms with van der Waals surface area (Å²) in [6.07, 6.45) is 7.92. The van der Waals surface area contributed by atoms with E-state index >= 15 is 0 Å². The van der Waals surface area contributed by atoms with E-state index in [-0.39, 0.29) is 0 Å². The SMILES string of the molecule is CCC[S+](C)C1CCCCC1=O. The molecule has 0 bridgehead atoms. The molecule has 1 aliphatic rings. The molecular formula is C10H19OS+. The quantitative estimate of drug-likeness (QED) is 0.619. The molecule has 1 rings (SSSR count). The maximum absolute atomic E-state index is 11.5. The average molecular weight is 187 g/mol. The zero-order valence-electron chi connectivity index (χ0n) is 8.14. The van der Waals surface area contributed by atoms with Crippen LogP contribution in [0, 0.1) is 0 Å². The van der Waals surface area contributed by atoms with Gasteiger partial charge in [-0.15, -0.1) is 0 Å². The molecule has 0 aliphatic heterocycles. The van der Waals surface area contributed by atoms with Crippen molar-refractivity contribution in [2.45, 2.75) is 44.3 Å². The van der Waals surface area contributed by atoms with Crippen molar-refractivity contribution in [3.05, 3.63) is 0 Å². The Kier molecular flexibility index (Phi) is 4.13. The lowest BCUT2D eigenvalue weighted by molar-refractivity contribution is -0.119. The summed E-state index contributed by atoms with van der Waals surface area (Å²) in [5, 5.41) is 0.429. The fraction of sp³-hybridized carbons (Fsp3) is 0.900. The topological polar surface area (TPSA) is 17.1 Å². The highest BCUT2D eigenvalue weighted by Gasteiger charge is 2.33. The fourth-order valence-corrected chi connectivity index (χ4v) is 3.90. The average Bonchev–Trinajstić information content (AvgIpc) is 2.05. The number of hydrogen-bond acceptors (Lipinski definition) is 1. The summed E-state index contributed by atoms with van der Waals surface area (Å²) >= 11 is 0. The van der Waals surface area contributed by atoms with Crippen LogP contribution in [0.5, 0.6) is 0 Å². The molecule has 0 spiro atoms. The first-order valence-electron chi connectivity index (χ1n) is 4.89. The summed E-state index contributed by atoms with van der Waals surface area (Å²) in [6.45, 7) is 2.21. The molecule has 2 unspecified atom stereocenters. The van der Waals surface area contributed by atoms with Gasteiger partial charge in [-0.05, 0) is 30.2 Å². The molecule has 1 nitrogen and oxygen atoms in total. The van der Waals surface area contributed by atoms with Crippen molar-refractivity contribution in [1.82, 2.24) is 0 Å². The molecule has 12 heavy (non-hydrogen) atoms. The molecule has 0 saturated heterocycles. The van der Waals surface area contributed by atoms with E-state index in [4.69, 9.17) is 0 Å². The van der Waals surface area contributed by atoms with Gasteiger partial charge in [0.1, 0.15) is 5.75 Å². The van der Waals surface area contributed by atoms with Crippen molar-refractivity contribution in [2.24, 2.45) is 0 Å². The standard InChI is InChI=1S/C10H19OS/c1-3-8-12(2)10-7-5-4-6-9(10)11/h10H,3-8H2,1-2H3/q+1. The second-order valence-electron chi connectivity index (χ2n) is 3.60. The van der Waals surface area contributed by atoms with Gasteiger partial charge in [0, 0.05) is 12.8 Å². The van der Waals surface area contributed by atoms with Crippen LogP contribution in [0.4, 0.5) is 0 Å². The van der Waals surface area contributed by atoms with Gasteiger partial charge in [0.25, 0.3) is 0 Å². The smallest absolute Gasteiger partial charge is 0.184 e. The fourth-order valence-electron chi connectivity index (χ4n) is 1.84. The van der Waals surface area contributed by atoms with Crippen LogP contribution in [-0.4, -0.2) is 23.0 Å². The lowest BCUT2D eigenvalue weighted by atomic mass is 9.99. The van der Waals surface area contributed by atoms with Gasteiger partial charge in [-0.3, -0.25) is 4.79 Å². The Morgan fingerprint density at radius 1 is 1.50 bits per heavy atom. The van der Waals surface area contributed by atoms with Crippen LogP contribution in [-0.2, 0) is 15.7 Å². The second kappa shape index (κ2) is 4.90. The Morgan fingerprint density at radius 2 is 2.25 bits per heavy atom. The molecule has 0 N–H and O–H groups in total. The van der Waals surface area contributed by atoms with Crippen molar-refractivity contribution < 1.29 is 4.79 Å². The van der Waals surface area contributed by atoms with E-state index in [2.05, 4.69) is 13.2 Å². The Hall–Kier alpha value is 0.0200. The first-order valence-corrected chi connectivity index (χ1v) is 6.76. The van der Waals surface area contributed by atoms with Crippen molar-refractivity contribution in [3.63, 3.8) is 0 Å². The third-order valence-electron chi connectivity index (χ3n) is 2.51. The molecule has 0 aromatic heterocycles. The van der Waals surface area contributed by atoms with E-state index in [1.54, 1.807) is 0 Å². The third-order valence-corrected chi connectivity index (χ3v) is 5.03. The van der Waals surface area contributed by atoms with Gasteiger partial charge in [-0.2, -0.15) is 0 Å². The van der Waals surface area contributed by atoms with Gasteiger partial charge in [0.15, 0.2) is 11.0 Å². The second-order valence-corrected chi connectivity index (χ2v) is 5.96. The van der Waals surface area contributed by atoms with Crippen LogP contribution in [0.15, 0.2) is 0 Å². The normalized spacial score (nSPS) is 27.2. The summed E-state index contributed by atoms with van der Waals surface area (Å²) in [5.41, 5.74) is 0. The molecule has 0 heterocycles. The van der Waals surface area contributed by atoms with Gasteiger partial charge < -0.3 is 0 Å². The molecular weight excluding hydrogens is 168 g/mol. The van der Waals surface area contributed by atoms with E-state index in [0.29, 0.717) is 21.9 Å². The van der Waals surface area contributed by atoms with Gasteiger partial charge in [-0.1, -0.05) is 6.92 Å². The minimum absolute atomic E-state index is 0.364. The van der Waals surface area contributed by atoms with E-state index in [1.807, 2.05) is 0 Å². The molecule has 2 atom stereocenters. The van der Waals surface area contributed by atoms with Gasteiger partial charge in [0.2, 0.25) is 0 Å². The summed E-state index contributed by atoms with van der Waals surface area (Å²) in [6, 6.07) is 0. The molecule has 2 heteroatoms. The summed E-state index contributed by atoms with van der Waals surface area (Å²) in [4.78, 5) is 11.5. The molecule has 1 aliphatic carbocycles. The van der Waals surface area contributed by atoms with Crippen LogP contribution in [0.25, 0.3) is 0 Å². The van der Waals surface area contributed by atoms with Crippen molar-refractivity contribution in [1.29, 1.82) is 0 Å². The summed E-state index contributed by atoms with van der Waals surface area (Å²) < 4.78 is 0. The van der Waals surface area contributed by atoms with Gasteiger partial charge in [-0.25, -0.2) is 0 Å². The van der Waals surface area contributed by atoms with E-state index < -0.39 is 0 Å². The number of Topliss-reactive ketones (excluding diaryl/α,β-unsaturated/α-hetero) is 1. The first-order chi connectivity index (χ1) is 5.75. The van der Waals surface area contributed by atoms with E-state index in [9.17, 15) is 4.79 Å².